The van der Waals surface area contributed by atoms with Crippen molar-refractivity contribution in [1.29, 1.82) is 0 Å². The summed E-state index contributed by atoms with van der Waals surface area (Å²) in [5.74, 6) is 0.0355. The van der Waals surface area contributed by atoms with Gasteiger partial charge in [-0.05, 0) is 58.0 Å². The molecule has 0 bridgehead atoms. The van der Waals surface area contributed by atoms with Crippen LogP contribution in [-0.2, 0) is 20.9 Å². The van der Waals surface area contributed by atoms with Crippen LogP contribution >= 0.6 is 11.8 Å². The number of rotatable bonds is 9. The number of amides is 3. The number of nitrogens with zero attached hydrogens (tertiary/aromatic N) is 2. The van der Waals surface area contributed by atoms with E-state index in [9.17, 15) is 14.4 Å². The van der Waals surface area contributed by atoms with E-state index in [0.29, 0.717) is 11.4 Å². The number of nitrogens with one attached hydrogen (secondary N) is 2. The third-order valence-corrected chi connectivity index (χ3v) is 6.35. The molecule has 1 heterocycles. The van der Waals surface area contributed by atoms with Gasteiger partial charge in [-0.1, -0.05) is 18.2 Å². The predicted molar refractivity (Wildman–Crippen MR) is 139 cm³/mol. The number of hydrogen-bond donors (Lipinski definition) is 2. The number of aromatic nitrogens is 1. The number of benzene rings is 2. The molecule has 3 amide bonds. The van der Waals surface area contributed by atoms with Gasteiger partial charge in [0.05, 0.1) is 5.75 Å². The molecule has 1 aromatic heterocycles. The SMILES string of the molecule is CC(=O)Nc1ccc(NC(=O)CSc2cn(CC(=O)N(C(C)C)C(C)C)c3ccccc23)cc1. The number of hydrogen-bond acceptors (Lipinski definition) is 4. The van der Waals surface area contributed by atoms with Gasteiger partial charge in [-0.3, -0.25) is 14.4 Å². The lowest BCUT2D eigenvalue weighted by Gasteiger charge is -2.31. The van der Waals surface area contributed by atoms with E-state index in [-0.39, 0.29) is 42.1 Å². The van der Waals surface area contributed by atoms with Gasteiger partial charge >= 0.3 is 0 Å². The molecule has 0 saturated carbocycles. The molecule has 2 aromatic carbocycles. The summed E-state index contributed by atoms with van der Waals surface area (Å²) in [5.41, 5.74) is 2.31. The molecule has 2 N–H and O–H groups in total. The van der Waals surface area contributed by atoms with Gasteiger partial charge in [0.25, 0.3) is 0 Å². The van der Waals surface area contributed by atoms with Crippen molar-refractivity contribution in [2.45, 2.75) is 58.1 Å². The molecule has 180 valence electrons. The summed E-state index contributed by atoms with van der Waals surface area (Å²) >= 11 is 1.44. The van der Waals surface area contributed by atoms with Gasteiger partial charge in [0.2, 0.25) is 17.7 Å². The molecule has 0 saturated heterocycles. The van der Waals surface area contributed by atoms with Crippen molar-refractivity contribution in [1.82, 2.24) is 9.47 Å². The lowest BCUT2D eigenvalue weighted by atomic mass is 10.2. The van der Waals surface area contributed by atoms with Crippen LogP contribution in [0.2, 0.25) is 0 Å². The standard InChI is InChI=1S/C26H32N4O3S/c1-17(2)30(18(3)4)26(33)15-29-14-24(22-8-6-7-9-23(22)29)34-16-25(32)28-21-12-10-20(11-13-21)27-19(5)31/h6-14,17-18H,15-16H2,1-5H3,(H,27,31)(H,28,32). The quantitative estimate of drug-likeness (QED) is 0.423. The highest BCUT2D eigenvalue weighted by atomic mass is 32.2. The van der Waals surface area contributed by atoms with E-state index < -0.39 is 0 Å². The van der Waals surface area contributed by atoms with Gasteiger partial charge in [-0.25, -0.2) is 0 Å². The van der Waals surface area contributed by atoms with Crippen molar-refractivity contribution in [2.75, 3.05) is 16.4 Å². The summed E-state index contributed by atoms with van der Waals surface area (Å²) in [7, 11) is 0. The molecule has 0 aliphatic carbocycles. The Balaban J connectivity index is 1.69. The Hall–Kier alpha value is -3.26. The molecule has 3 aromatic rings. The van der Waals surface area contributed by atoms with Crippen LogP contribution < -0.4 is 10.6 Å². The molecule has 0 radical (unpaired) electrons. The number of carbonyl (C=O) groups excluding carboxylic acids is 3. The van der Waals surface area contributed by atoms with Crippen LogP contribution in [0.25, 0.3) is 10.9 Å². The molecule has 0 spiro atoms. The van der Waals surface area contributed by atoms with Crippen LogP contribution in [0.5, 0.6) is 0 Å². The van der Waals surface area contributed by atoms with E-state index in [1.807, 2.05) is 67.6 Å². The molecule has 34 heavy (non-hydrogen) atoms. The first kappa shape index (κ1) is 25.4. The van der Waals surface area contributed by atoms with Gasteiger partial charge in [0, 0.05) is 52.4 Å². The minimum absolute atomic E-state index is 0.0720. The molecule has 3 rings (SSSR count). The summed E-state index contributed by atoms with van der Waals surface area (Å²) in [4.78, 5) is 39.5. The first-order valence-electron chi connectivity index (χ1n) is 11.3. The predicted octanol–water partition coefficient (Wildman–Crippen LogP) is 4.98. The van der Waals surface area contributed by atoms with Gasteiger partial charge in [0.1, 0.15) is 6.54 Å². The van der Waals surface area contributed by atoms with Crippen LogP contribution in [0, 0.1) is 0 Å². The zero-order valence-electron chi connectivity index (χ0n) is 20.3. The van der Waals surface area contributed by atoms with E-state index in [1.165, 1.54) is 18.7 Å². The number of fused-ring (bicyclic) bond motifs is 1. The first-order chi connectivity index (χ1) is 16.2. The van der Waals surface area contributed by atoms with Crippen LogP contribution in [0.4, 0.5) is 11.4 Å². The Kier molecular flexibility index (Phi) is 8.39. The minimum atomic E-state index is -0.143. The Morgan fingerprint density at radius 3 is 2.09 bits per heavy atom. The van der Waals surface area contributed by atoms with Crippen molar-refractivity contribution in [3.8, 4) is 0 Å². The normalized spacial score (nSPS) is 11.1. The molecule has 8 heteroatoms. The van der Waals surface area contributed by atoms with Crippen LogP contribution in [0.15, 0.2) is 59.6 Å². The van der Waals surface area contributed by atoms with Gasteiger partial charge in [-0.15, -0.1) is 11.8 Å². The molecular formula is C26H32N4O3S. The van der Waals surface area contributed by atoms with Crippen LogP contribution in [0.1, 0.15) is 34.6 Å². The lowest BCUT2D eigenvalue weighted by molar-refractivity contribution is -0.135. The summed E-state index contributed by atoms with van der Waals surface area (Å²) in [6.45, 7) is 9.81. The second-order valence-corrected chi connectivity index (χ2v) is 9.74. The van der Waals surface area contributed by atoms with Gasteiger partial charge < -0.3 is 20.1 Å². The summed E-state index contributed by atoms with van der Waals surface area (Å²) in [6.07, 6.45) is 1.96. The number of carbonyl (C=O) groups is 3. The van der Waals surface area contributed by atoms with E-state index in [1.54, 1.807) is 24.3 Å². The summed E-state index contributed by atoms with van der Waals surface area (Å²) in [5, 5.41) is 6.60. The van der Waals surface area contributed by atoms with E-state index in [2.05, 4.69) is 10.6 Å². The van der Waals surface area contributed by atoms with Crippen molar-refractivity contribution >= 4 is 51.8 Å². The molecular weight excluding hydrogens is 448 g/mol. The minimum Gasteiger partial charge on any atom is -0.337 e. The smallest absolute Gasteiger partial charge is 0.242 e. The third-order valence-electron chi connectivity index (χ3n) is 5.31. The maximum atomic E-state index is 13.0. The maximum Gasteiger partial charge on any atom is 0.242 e. The van der Waals surface area contributed by atoms with Crippen molar-refractivity contribution in [3.05, 3.63) is 54.7 Å². The monoisotopic (exact) mass is 480 g/mol. The molecule has 0 unspecified atom stereocenters. The average Bonchev–Trinajstić information content (AvgIpc) is 3.10. The zero-order chi connectivity index (χ0) is 24.8. The topological polar surface area (TPSA) is 83.4 Å². The second kappa shape index (κ2) is 11.2. The number of thioether (sulfide) groups is 1. The van der Waals surface area contributed by atoms with Gasteiger partial charge in [-0.2, -0.15) is 0 Å². The Labute approximate surface area is 204 Å². The van der Waals surface area contributed by atoms with Gasteiger partial charge in [0.15, 0.2) is 0 Å². The molecule has 7 nitrogen and oxygen atoms in total. The fraction of sp³-hybridized carbons (Fsp3) is 0.346. The van der Waals surface area contributed by atoms with Crippen molar-refractivity contribution in [3.63, 3.8) is 0 Å². The second-order valence-electron chi connectivity index (χ2n) is 8.72. The molecule has 0 fully saturated rings. The average molecular weight is 481 g/mol. The van der Waals surface area contributed by atoms with E-state index in [0.717, 1.165) is 15.8 Å². The molecule has 0 atom stereocenters. The maximum absolute atomic E-state index is 13.0. The fourth-order valence-electron chi connectivity index (χ4n) is 4.04. The van der Waals surface area contributed by atoms with Crippen molar-refractivity contribution in [2.24, 2.45) is 0 Å². The molecule has 0 aliphatic heterocycles. The highest BCUT2D eigenvalue weighted by Gasteiger charge is 2.21. The highest BCUT2D eigenvalue weighted by Crippen LogP contribution is 2.30. The Morgan fingerprint density at radius 2 is 1.50 bits per heavy atom. The molecule has 0 aliphatic rings. The first-order valence-corrected chi connectivity index (χ1v) is 12.3. The van der Waals surface area contributed by atoms with Crippen molar-refractivity contribution < 1.29 is 14.4 Å². The highest BCUT2D eigenvalue weighted by molar-refractivity contribution is 8.00. The largest absolute Gasteiger partial charge is 0.337 e. The summed E-state index contributed by atoms with van der Waals surface area (Å²) in [6, 6.07) is 15.2. The Morgan fingerprint density at radius 1 is 0.912 bits per heavy atom. The van der Waals surface area contributed by atoms with Crippen LogP contribution in [-0.4, -0.2) is 45.0 Å². The zero-order valence-corrected chi connectivity index (χ0v) is 21.1. The van der Waals surface area contributed by atoms with E-state index >= 15 is 0 Å². The fourth-order valence-corrected chi connectivity index (χ4v) is 4.93. The Bertz CT molecular complexity index is 1160. The number of anilines is 2. The number of para-hydroxylation sites is 1. The third kappa shape index (κ3) is 6.41. The lowest BCUT2D eigenvalue weighted by Crippen LogP contribution is -2.43. The van der Waals surface area contributed by atoms with Crippen LogP contribution in [0.3, 0.4) is 0 Å². The van der Waals surface area contributed by atoms with E-state index in [4.69, 9.17) is 0 Å². The summed E-state index contributed by atoms with van der Waals surface area (Å²) < 4.78 is 1.97.